The van der Waals surface area contributed by atoms with Crippen molar-refractivity contribution in [3.8, 4) is 11.1 Å². The van der Waals surface area contributed by atoms with Gasteiger partial charge >= 0.3 is 7.32 Å². The highest BCUT2D eigenvalue weighted by molar-refractivity contribution is 7.59. The maximum atomic E-state index is 7.17. The van der Waals surface area contributed by atoms with E-state index in [1.807, 2.05) is 12.1 Å². The fourth-order valence-corrected chi connectivity index (χ4v) is 1.26. The Morgan fingerprint density at radius 3 is 1.06 bits per heavy atom. The van der Waals surface area contributed by atoms with Gasteiger partial charge in [-0.2, -0.15) is 13.5 Å². The van der Waals surface area contributed by atoms with Crippen LogP contribution in [0.4, 0.5) is 0 Å². The highest BCUT2D eigenvalue weighted by Gasteiger charge is 1.93. The Balaban J connectivity index is 0.000000453. The molecule has 2 aromatic rings. The predicted molar refractivity (Wildman–Crippen MR) is 74.7 cm³/mol. The SMILES string of the molecule is OB(O)O.S.c1ccc(-c2ccccc2)cc1. The van der Waals surface area contributed by atoms with E-state index in [0.717, 1.165) is 0 Å². The van der Waals surface area contributed by atoms with Crippen LogP contribution in [0.2, 0.25) is 0 Å². The van der Waals surface area contributed by atoms with Crippen molar-refractivity contribution in [3.63, 3.8) is 0 Å². The largest absolute Gasteiger partial charge is 0.631 e. The van der Waals surface area contributed by atoms with Crippen LogP contribution in [0.15, 0.2) is 60.7 Å². The second-order valence-corrected chi connectivity index (χ2v) is 3.08. The smallest absolute Gasteiger partial charge is 0.402 e. The first-order chi connectivity index (χ1) is 7.70. The third kappa shape index (κ3) is 6.81. The third-order valence-corrected chi connectivity index (χ3v) is 1.88. The number of benzene rings is 2. The van der Waals surface area contributed by atoms with E-state index in [1.165, 1.54) is 11.1 Å². The molecule has 3 N–H and O–H groups in total. The Kier molecular flexibility index (Phi) is 8.18. The van der Waals surface area contributed by atoms with E-state index in [2.05, 4.69) is 48.5 Å². The Hall–Kier alpha value is -1.27. The van der Waals surface area contributed by atoms with Gasteiger partial charge in [-0.25, -0.2) is 0 Å². The summed E-state index contributed by atoms with van der Waals surface area (Å²) in [4.78, 5) is 0. The predicted octanol–water partition coefficient (Wildman–Crippen LogP) is 1.41. The van der Waals surface area contributed by atoms with E-state index in [9.17, 15) is 0 Å². The second kappa shape index (κ2) is 8.84. The van der Waals surface area contributed by atoms with Crippen LogP contribution in [0.1, 0.15) is 0 Å². The van der Waals surface area contributed by atoms with Crippen LogP contribution in [-0.4, -0.2) is 22.4 Å². The third-order valence-electron chi connectivity index (χ3n) is 1.88. The molecule has 0 aliphatic heterocycles. The summed E-state index contributed by atoms with van der Waals surface area (Å²) >= 11 is 0. The van der Waals surface area contributed by atoms with Gasteiger partial charge in [0.15, 0.2) is 0 Å². The number of rotatable bonds is 1. The summed E-state index contributed by atoms with van der Waals surface area (Å²) in [7, 11) is -2.17. The highest BCUT2D eigenvalue weighted by Crippen LogP contribution is 2.17. The van der Waals surface area contributed by atoms with Crippen LogP contribution < -0.4 is 0 Å². The maximum absolute atomic E-state index is 7.17. The lowest BCUT2D eigenvalue weighted by molar-refractivity contribution is 0.278. The zero-order valence-corrected chi connectivity index (χ0v) is 10.2. The van der Waals surface area contributed by atoms with Gasteiger partial charge in [0.2, 0.25) is 0 Å². The topological polar surface area (TPSA) is 60.7 Å². The molecule has 2 rings (SSSR count). The summed E-state index contributed by atoms with van der Waals surface area (Å²) in [5.74, 6) is 0. The summed E-state index contributed by atoms with van der Waals surface area (Å²) in [5.41, 5.74) is 2.55. The lowest BCUT2D eigenvalue weighted by Crippen LogP contribution is -2.07. The molecule has 0 aliphatic carbocycles. The second-order valence-electron chi connectivity index (χ2n) is 3.08. The molecular formula is C12H15BO3S. The summed E-state index contributed by atoms with van der Waals surface area (Å²) in [6, 6.07) is 20.8. The van der Waals surface area contributed by atoms with Crippen molar-refractivity contribution >= 4 is 20.8 Å². The molecular weight excluding hydrogens is 235 g/mol. The van der Waals surface area contributed by atoms with Gasteiger partial charge in [-0.1, -0.05) is 60.7 Å². The summed E-state index contributed by atoms with van der Waals surface area (Å²) < 4.78 is 0. The van der Waals surface area contributed by atoms with E-state index in [1.54, 1.807) is 0 Å². The first-order valence-electron chi connectivity index (χ1n) is 4.85. The van der Waals surface area contributed by atoms with Gasteiger partial charge in [0.05, 0.1) is 0 Å². The molecule has 0 bridgehead atoms. The van der Waals surface area contributed by atoms with Gasteiger partial charge < -0.3 is 15.1 Å². The lowest BCUT2D eigenvalue weighted by atomic mass is 10.1. The maximum Gasteiger partial charge on any atom is 0.631 e. The van der Waals surface area contributed by atoms with Gasteiger partial charge in [0.1, 0.15) is 0 Å². The minimum Gasteiger partial charge on any atom is -0.402 e. The highest BCUT2D eigenvalue weighted by atomic mass is 32.1. The van der Waals surface area contributed by atoms with Gasteiger partial charge in [-0.3, -0.25) is 0 Å². The van der Waals surface area contributed by atoms with Gasteiger partial charge in [0.25, 0.3) is 0 Å². The number of hydrogen-bond acceptors (Lipinski definition) is 3. The molecule has 0 aromatic heterocycles. The van der Waals surface area contributed by atoms with Crippen molar-refractivity contribution in [2.75, 3.05) is 0 Å². The Labute approximate surface area is 108 Å². The molecule has 17 heavy (non-hydrogen) atoms. The van der Waals surface area contributed by atoms with Crippen molar-refractivity contribution in [1.82, 2.24) is 0 Å². The Morgan fingerprint density at radius 2 is 0.824 bits per heavy atom. The van der Waals surface area contributed by atoms with Gasteiger partial charge in [0, 0.05) is 0 Å². The molecule has 5 heteroatoms. The van der Waals surface area contributed by atoms with E-state index in [-0.39, 0.29) is 13.5 Å². The fraction of sp³-hybridized carbons (Fsp3) is 0. The van der Waals surface area contributed by atoms with Crippen LogP contribution >= 0.6 is 13.5 Å². The van der Waals surface area contributed by atoms with Crippen LogP contribution in [0.25, 0.3) is 11.1 Å². The van der Waals surface area contributed by atoms with E-state index >= 15 is 0 Å². The average molecular weight is 250 g/mol. The van der Waals surface area contributed by atoms with Crippen LogP contribution in [-0.2, 0) is 0 Å². The average Bonchev–Trinajstić information content (AvgIpc) is 2.31. The normalized spacial score (nSPS) is 8.41. The van der Waals surface area contributed by atoms with Crippen molar-refractivity contribution in [2.45, 2.75) is 0 Å². The summed E-state index contributed by atoms with van der Waals surface area (Å²) in [5, 5.41) is 21.5. The van der Waals surface area contributed by atoms with E-state index < -0.39 is 7.32 Å². The molecule has 0 spiro atoms. The molecule has 3 nitrogen and oxygen atoms in total. The molecule has 0 radical (unpaired) electrons. The molecule has 0 saturated carbocycles. The molecule has 0 atom stereocenters. The van der Waals surface area contributed by atoms with Crippen molar-refractivity contribution in [2.24, 2.45) is 0 Å². The molecule has 2 aromatic carbocycles. The zero-order chi connectivity index (χ0) is 11.8. The minimum absolute atomic E-state index is 0. The Morgan fingerprint density at radius 1 is 0.588 bits per heavy atom. The summed E-state index contributed by atoms with van der Waals surface area (Å²) in [6.45, 7) is 0. The molecule has 0 aliphatic rings. The van der Waals surface area contributed by atoms with E-state index in [4.69, 9.17) is 15.1 Å². The molecule has 0 unspecified atom stereocenters. The molecule has 0 saturated heterocycles. The van der Waals surface area contributed by atoms with Gasteiger partial charge in [-0.05, 0) is 11.1 Å². The molecule has 0 fully saturated rings. The lowest BCUT2D eigenvalue weighted by Gasteiger charge is -1.98. The van der Waals surface area contributed by atoms with Crippen molar-refractivity contribution < 1.29 is 15.1 Å². The molecule has 0 amide bonds. The fourth-order valence-electron chi connectivity index (χ4n) is 1.26. The molecule has 90 valence electrons. The Bertz CT molecular complexity index is 355. The van der Waals surface area contributed by atoms with Gasteiger partial charge in [-0.15, -0.1) is 0 Å². The first-order valence-corrected chi connectivity index (χ1v) is 4.85. The number of hydrogen-bond donors (Lipinski definition) is 3. The van der Waals surface area contributed by atoms with E-state index in [0.29, 0.717) is 0 Å². The molecule has 0 heterocycles. The monoisotopic (exact) mass is 250 g/mol. The minimum atomic E-state index is -2.17. The first kappa shape index (κ1) is 15.7. The zero-order valence-electron chi connectivity index (χ0n) is 9.19. The standard InChI is InChI=1S/C12H10.BH3O3.H2S/c1-3-7-11(8-4-1)12-9-5-2-6-10-12;2-1(3)4;/h1-10H;2-4H;1H2. The quantitative estimate of drug-likeness (QED) is 0.671. The van der Waals surface area contributed by atoms with Crippen molar-refractivity contribution in [1.29, 1.82) is 0 Å². The van der Waals surface area contributed by atoms with Crippen LogP contribution in [0.3, 0.4) is 0 Å². The van der Waals surface area contributed by atoms with Crippen LogP contribution in [0.5, 0.6) is 0 Å². The van der Waals surface area contributed by atoms with Crippen LogP contribution in [0, 0.1) is 0 Å². The summed E-state index contributed by atoms with van der Waals surface area (Å²) in [6.07, 6.45) is 0. The van der Waals surface area contributed by atoms with Crippen molar-refractivity contribution in [3.05, 3.63) is 60.7 Å².